The second-order valence-corrected chi connectivity index (χ2v) is 18.2. The highest BCUT2D eigenvalue weighted by Crippen LogP contribution is 2.49. The van der Waals surface area contributed by atoms with Gasteiger partial charge in [-0.05, 0) is 82.4 Å². The van der Waals surface area contributed by atoms with E-state index in [-0.39, 0.29) is 0 Å². The van der Waals surface area contributed by atoms with Crippen molar-refractivity contribution in [3.63, 3.8) is 0 Å². The van der Waals surface area contributed by atoms with Crippen molar-refractivity contribution in [1.82, 2.24) is 4.98 Å². The van der Waals surface area contributed by atoms with Crippen LogP contribution in [0.1, 0.15) is 0 Å². The molecule has 0 saturated carbocycles. The number of benzene rings is 9. The van der Waals surface area contributed by atoms with Gasteiger partial charge in [-0.1, -0.05) is 152 Å². The summed E-state index contributed by atoms with van der Waals surface area (Å²) in [4.78, 5) is 7.56. The fourth-order valence-electron chi connectivity index (χ4n) is 8.68. The van der Waals surface area contributed by atoms with Crippen LogP contribution in [-0.2, 0) is 0 Å². The maximum atomic E-state index is 5.08. The fraction of sp³-hybridized carbons (Fsp3) is 0. The summed E-state index contributed by atoms with van der Waals surface area (Å²) < 4.78 is 6.34. The zero-order chi connectivity index (χ0) is 39.6. The topological polar surface area (TPSA) is 16.1 Å². The summed E-state index contributed by atoms with van der Waals surface area (Å²) >= 11 is 5.49. The molecule has 0 bridgehead atoms. The number of rotatable bonds is 7. The third kappa shape index (κ3) is 5.93. The Balaban J connectivity index is 1.05. The summed E-state index contributed by atoms with van der Waals surface area (Å²) in [7, 11) is 0. The Morgan fingerprint density at radius 2 is 1.00 bits per heavy atom. The molecule has 282 valence electrons. The second-order valence-electron chi connectivity index (χ2n) is 15.1. The van der Waals surface area contributed by atoms with Crippen LogP contribution >= 0.6 is 34.0 Å². The minimum absolute atomic E-state index is 1.06. The maximum absolute atomic E-state index is 5.08. The summed E-state index contributed by atoms with van der Waals surface area (Å²) in [6.45, 7) is 0. The summed E-state index contributed by atoms with van der Waals surface area (Å²) in [5, 5.41) is 6.18. The van der Waals surface area contributed by atoms with Crippen LogP contribution in [0.5, 0.6) is 0 Å². The average Bonchev–Trinajstić information content (AvgIpc) is 4.03. The van der Waals surface area contributed by atoms with E-state index in [1.807, 2.05) is 22.7 Å². The molecule has 9 aromatic carbocycles. The van der Waals surface area contributed by atoms with Gasteiger partial charge in [-0.15, -0.1) is 34.0 Å². The molecular formula is C55H34N2S3. The molecule has 3 heterocycles. The highest BCUT2D eigenvalue weighted by atomic mass is 32.1. The van der Waals surface area contributed by atoms with Gasteiger partial charge in [-0.3, -0.25) is 0 Å². The molecule has 0 fully saturated rings. The van der Waals surface area contributed by atoms with Crippen LogP contribution in [-0.4, -0.2) is 4.98 Å². The van der Waals surface area contributed by atoms with Crippen molar-refractivity contribution >= 4 is 102 Å². The van der Waals surface area contributed by atoms with Gasteiger partial charge in [-0.2, -0.15) is 0 Å². The number of thiazole rings is 1. The molecule has 0 atom stereocenters. The lowest BCUT2D eigenvalue weighted by Gasteiger charge is -2.29. The molecule has 5 heteroatoms. The Hall–Kier alpha value is -6.89. The van der Waals surface area contributed by atoms with E-state index in [2.05, 4.69) is 211 Å². The number of anilines is 3. The minimum atomic E-state index is 1.06. The third-order valence-corrected chi connectivity index (χ3v) is 14.9. The van der Waals surface area contributed by atoms with Crippen molar-refractivity contribution in [2.45, 2.75) is 0 Å². The van der Waals surface area contributed by atoms with E-state index >= 15 is 0 Å². The highest BCUT2D eigenvalue weighted by molar-refractivity contribution is 7.27. The number of hydrogen-bond acceptors (Lipinski definition) is 5. The van der Waals surface area contributed by atoms with Crippen LogP contribution < -0.4 is 4.90 Å². The molecular weight excluding hydrogens is 785 g/mol. The van der Waals surface area contributed by atoms with Crippen LogP contribution in [0.25, 0.3) is 94.5 Å². The SMILES string of the molecule is c1ccc(-c2ccc(N(c3ccc(-c4cccc5c4sc4cc6nc(-c7ccccc7)sc6cc45)cc3-c3ccccc3)c3cccc4sc5ccccc5c34)cc2)cc1. The van der Waals surface area contributed by atoms with Crippen molar-refractivity contribution in [1.29, 1.82) is 0 Å². The molecule has 60 heavy (non-hydrogen) atoms. The van der Waals surface area contributed by atoms with Gasteiger partial charge in [0, 0.05) is 57.2 Å². The van der Waals surface area contributed by atoms with E-state index in [1.54, 1.807) is 11.3 Å². The van der Waals surface area contributed by atoms with Gasteiger partial charge < -0.3 is 4.90 Å². The van der Waals surface area contributed by atoms with Gasteiger partial charge in [0.15, 0.2) is 0 Å². The first-order valence-corrected chi connectivity index (χ1v) is 22.6. The fourth-order valence-corrected chi connectivity index (χ4v) is 12.1. The highest BCUT2D eigenvalue weighted by Gasteiger charge is 2.23. The molecule has 2 nitrogen and oxygen atoms in total. The largest absolute Gasteiger partial charge is 0.309 e. The first-order chi connectivity index (χ1) is 29.7. The standard InChI is InChI=1S/C55H34N2S3/c1-4-14-35(15-5-1)36-26-29-40(30-27-36)57(48-23-13-25-50-53(48)43-20-10-11-24-49(43)58-50)47-31-28-39(32-44(47)37-16-6-2-7-17-37)41-21-12-22-42-45-33-52-46(34-51(45)59-54(41)42)56-55(60-52)38-18-8-3-9-19-38/h1-34H. The quantitative estimate of drug-likeness (QED) is 0.159. The predicted molar refractivity (Wildman–Crippen MR) is 262 cm³/mol. The molecule has 0 amide bonds. The normalized spacial score (nSPS) is 11.7. The molecule has 0 aliphatic heterocycles. The van der Waals surface area contributed by atoms with Crippen LogP contribution in [0.2, 0.25) is 0 Å². The van der Waals surface area contributed by atoms with Crippen molar-refractivity contribution in [2.75, 3.05) is 4.90 Å². The first kappa shape index (κ1) is 35.1. The summed E-state index contributed by atoms with van der Waals surface area (Å²) in [5.74, 6) is 0. The predicted octanol–water partition coefficient (Wildman–Crippen LogP) is 17.2. The van der Waals surface area contributed by atoms with Crippen molar-refractivity contribution in [2.24, 2.45) is 0 Å². The average molecular weight is 819 g/mol. The first-order valence-electron chi connectivity index (χ1n) is 20.1. The van der Waals surface area contributed by atoms with Crippen LogP contribution in [0.3, 0.4) is 0 Å². The third-order valence-electron chi connectivity index (χ3n) is 11.5. The van der Waals surface area contributed by atoms with E-state index in [9.17, 15) is 0 Å². The number of nitrogens with zero attached hydrogens (tertiary/aromatic N) is 2. The van der Waals surface area contributed by atoms with Gasteiger partial charge >= 0.3 is 0 Å². The van der Waals surface area contributed by atoms with Gasteiger partial charge in [-0.25, -0.2) is 4.98 Å². The summed E-state index contributed by atoms with van der Waals surface area (Å²) in [6.07, 6.45) is 0. The lowest BCUT2D eigenvalue weighted by Crippen LogP contribution is -2.11. The summed E-state index contributed by atoms with van der Waals surface area (Å²) in [6, 6.07) is 75.1. The Labute approximate surface area is 359 Å². The molecule has 3 aromatic heterocycles. The molecule has 0 N–H and O–H groups in total. The molecule has 12 rings (SSSR count). The monoisotopic (exact) mass is 818 g/mol. The number of thiophene rings is 2. The molecule has 0 saturated heterocycles. The molecule has 0 spiro atoms. The number of fused-ring (bicyclic) bond motifs is 7. The molecule has 0 unspecified atom stereocenters. The van der Waals surface area contributed by atoms with E-state index in [0.29, 0.717) is 0 Å². The van der Waals surface area contributed by atoms with Gasteiger partial charge in [0.2, 0.25) is 0 Å². The van der Waals surface area contributed by atoms with Crippen LogP contribution in [0.15, 0.2) is 206 Å². The lowest BCUT2D eigenvalue weighted by atomic mass is 9.95. The van der Waals surface area contributed by atoms with E-state index < -0.39 is 0 Å². The zero-order valence-corrected chi connectivity index (χ0v) is 34.7. The minimum Gasteiger partial charge on any atom is -0.309 e. The van der Waals surface area contributed by atoms with Gasteiger partial charge in [0.1, 0.15) is 5.01 Å². The molecule has 0 aliphatic carbocycles. The number of aromatic nitrogens is 1. The summed E-state index contributed by atoms with van der Waals surface area (Å²) in [5.41, 5.74) is 12.8. The van der Waals surface area contributed by atoms with Gasteiger partial charge in [0.05, 0.1) is 21.6 Å². The Kier molecular flexibility index (Phi) is 8.44. The Morgan fingerprint density at radius 1 is 0.350 bits per heavy atom. The smallest absolute Gasteiger partial charge is 0.124 e. The Bertz CT molecular complexity index is 3530. The van der Waals surface area contributed by atoms with E-state index in [4.69, 9.17) is 4.98 Å². The van der Waals surface area contributed by atoms with Crippen LogP contribution in [0.4, 0.5) is 17.1 Å². The van der Waals surface area contributed by atoms with Gasteiger partial charge in [0.25, 0.3) is 0 Å². The molecule has 0 aliphatic rings. The zero-order valence-electron chi connectivity index (χ0n) is 32.2. The lowest BCUT2D eigenvalue weighted by molar-refractivity contribution is 1.30. The maximum Gasteiger partial charge on any atom is 0.124 e. The second kappa shape index (κ2) is 14.4. The van der Waals surface area contributed by atoms with E-state index in [0.717, 1.165) is 33.1 Å². The Morgan fingerprint density at radius 3 is 1.80 bits per heavy atom. The number of hydrogen-bond donors (Lipinski definition) is 0. The van der Waals surface area contributed by atoms with Crippen molar-refractivity contribution in [3.8, 4) is 44.0 Å². The van der Waals surface area contributed by atoms with E-state index in [1.165, 1.54) is 78.4 Å². The molecule has 12 aromatic rings. The molecule has 0 radical (unpaired) electrons. The van der Waals surface area contributed by atoms with Crippen molar-refractivity contribution < 1.29 is 0 Å². The van der Waals surface area contributed by atoms with Crippen LogP contribution in [0, 0.1) is 0 Å². The van der Waals surface area contributed by atoms with Crippen molar-refractivity contribution in [3.05, 3.63) is 206 Å².